The summed E-state index contributed by atoms with van der Waals surface area (Å²) in [6.45, 7) is 1.30. The van der Waals surface area contributed by atoms with Crippen molar-refractivity contribution in [3.05, 3.63) is 53.2 Å². The first-order valence-electron chi connectivity index (χ1n) is 10.6. The van der Waals surface area contributed by atoms with Crippen molar-refractivity contribution in [3.8, 4) is 17.2 Å². The highest BCUT2D eigenvalue weighted by Crippen LogP contribution is 2.36. The maximum Gasteiger partial charge on any atom is 0.224 e. The minimum absolute atomic E-state index is 0.0000514. The number of hydrogen-bond acceptors (Lipinski definition) is 4. The molecule has 0 radical (unpaired) electrons. The molecule has 1 atom stereocenters. The molecule has 5 rings (SSSR count). The van der Waals surface area contributed by atoms with Crippen LogP contribution in [0.2, 0.25) is 0 Å². The molecule has 1 aliphatic carbocycles. The van der Waals surface area contributed by atoms with Gasteiger partial charge in [0.2, 0.25) is 5.91 Å². The zero-order chi connectivity index (χ0) is 20.5. The van der Waals surface area contributed by atoms with Crippen LogP contribution in [0.25, 0.3) is 10.9 Å². The Hall–Kier alpha value is -3.15. The number of rotatable bonds is 4. The van der Waals surface area contributed by atoms with Crippen LogP contribution in [0, 0.1) is 0 Å². The molecule has 1 amide bonds. The second-order valence-corrected chi connectivity index (χ2v) is 7.95. The van der Waals surface area contributed by atoms with Gasteiger partial charge in [0.1, 0.15) is 5.75 Å². The molecule has 0 saturated heterocycles. The second kappa shape index (κ2) is 7.94. The normalized spacial score (nSPS) is 17.8. The number of methoxy groups -OCH3 is 1. The number of ether oxygens (including phenoxy) is 3. The molecular weight excluding hydrogens is 380 g/mol. The highest BCUT2D eigenvalue weighted by atomic mass is 16.5. The summed E-state index contributed by atoms with van der Waals surface area (Å²) < 4.78 is 16.8. The highest BCUT2D eigenvalue weighted by Gasteiger charge is 2.26. The minimum Gasteiger partial charge on any atom is -0.497 e. The van der Waals surface area contributed by atoms with Crippen molar-refractivity contribution >= 4 is 16.8 Å². The summed E-state index contributed by atoms with van der Waals surface area (Å²) in [5, 5.41) is 4.42. The summed E-state index contributed by atoms with van der Waals surface area (Å²) in [5.41, 5.74) is 4.42. The lowest BCUT2D eigenvalue weighted by atomic mass is 9.91. The Morgan fingerprint density at radius 1 is 1.13 bits per heavy atom. The van der Waals surface area contributed by atoms with E-state index in [1.165, 1.54) is 10.9 Å². The van der Waals surface area contributed by atoms with E-state index in [4.69, 9.17) is 14.2 Å². The number of hydrogen-bond donors (Lipinski definition) is 2. The SMILES string of the molecule is COc1ccc2[nH]c3c(c2c1)CCCC3NC(=O)Cc1ccc2c(c1)OCCCO2. The smallest absolute Gasteiger partial charge is 0.224 e. The molecule has 2 aromatic carbocycles. The molecule has 2 N–H and O–H groups in total. The lowest BCUT2D eigenvalue weighted by Crippen LogP contribution is -2.32. The Bertz CT molecular complexity index is 1090. The summed E-state index contributed by atoms with van der Waals surface area (Å²) in [4.78, 5) is 16.4. The number of amides is 1. The number of aryl methyl sites for hydroxylation is 1. The molecule has 0 saturated carbocycles. The van der Waals surface area contributed by atoms with E-state index in [2.05, 4.69) is 16.4 Å². The Morgan fingerprint density at radius 2 is 2.00 bits per heavy atom. The van der Waals surface area contributed by atoms with Crippen molar-refractivity contribution in [2.45, 2.75) is 38.1 Å². The number of aromatic nitrogens is 1. The van der Waals surface area contributed by atoms with Gasteiger partial charge >= 0.3 is 0 Å². The second-order valence-electron chi connectivity index (χ2n) is 7.95. The van der Waals surface area contributed by atoms with Crippen molar-refractivity contribution in [1.82, 2.24) is 10.3 Å². The zero-order valence-electron chi connectivity index (χ0n) is 17.1. The summed E-state index contributed by atoms with van der Waals surface area (Å²) in [6, 6.07) is 11.8. The van der Waals surface area contributed by atoms with Crippen LogP contribution in [0.4, 0.5) is 0 Å². The lowest BCUT2D eigenvalue weighted by molar-refractivity contribution is -0.121. The molecule has 6 heteroatoms. The first-order valence-corrected chi connectivity index (χ1v) is 10.6. The van der Waals surface area contributed by atoms with Gasteiger partial charge in [-0.25, -0.2) is 0 Å². The maximum atomic E-state index is 12.8. The number of benzene rings is 2. The van der Waals surface area contributed by atoms with Crippen LogP contribution >= 0.6 is 0 Å². The van der Waals surface area contributed by atoms with Crippen molar-refractivity contribution in [2.24, 2.45) is 0 Å². The van der Waals surface area contributed by atoms with E-state index >= 15 is 0 Å². The van der Waals surface area contributed by atoms with E-state index in [9.17, 15) is 4.79 Å². The molecule has 1 aliphatic heterocycles. The van der Waals surface area contributed by atoms with Crippen molar-refractivity contribution in [1.29, 1.82) is 0 Å². The summed E-state index contributed by atoms with van der Waals surface area (Å²) in [7, 11) is 1.68. The molecule has 0 bridgehead atoms. The van der Waals surface area contributed by atoms with Crippen LogP contribution in [0.15, 0.2) is 36.4 Å². The van der Waals surface area contributed by atoms with Gasteiger partial charge in [-0.3, -0.25) is 4.79 Å². The standard InChI is InChI=1S/C24H26N2O4/c1-28-16-7-8-19-18(14-16)17-4-2-5-20(24(17)26-19)25-23(27)13-15-6-9-21-22(12-15)30-11-3-10-29-21/h6-9,12,14,20,26H,2-5,10-11,13H2,1H3,(H,25,27). The zero-order valence-corrected chi connectivity index (χ0v) is 17.1. The maximum absolute atomic E-state index is 12.8. The van der Waals surface area contributed by atoms with Crippen LogP contribution in [-0.4, -0.2) is 31.2 Å². The third kappa shape index (κ3) is 3.58. The van der Waals surface area contributed by atoms with Gasteiger partial charge in [0.25, 0.3) is 0 Å². The van der Waals surface area contributed by atoms with Gasteiger partial charge in [0, 0.05) is 23.0 Å². The van der Waals surface area contributed by atoms with Crippen LogP contribution in [0.5, 0.6) is 17.2 Å². The van der Waals surface area contributed by atoms with E-state index in [-0.39, 0.29) is 11.9 Å². The monoisotopic (exact) mass is 406 g/mol. The topological polar surface area (TPSA) is 72.6 Å². The predicted molar refractivity (Wildman–Crippen MR) is 114 cm³/mol. The summed E-state index contributed by atoms with van der Waals surface area (Å²) in [6.07, 6.45) is 4.18. The number of carbonyl (C=O) groups excluding carboxylic acids is 1. The van der Waals surface area contributed by atoms with Crippen LogP contribution in [0.1, 0.15) is 42.1 Å². The van der Waals surface area contributed by atoms with E-state index < -0.39 is 0 Å². The fourth-order valence-electron chi connectivity index (χ4n) is 4.46. The van der Waals surface area contributed by atoms with Gasteiger partial charge in [-0.05, 0) is 60.7 Å². The van der Waals surface area contributed by atoms with Crippen molar-refractivity contribution < 1.29 is 19.0 Å². The van der Waals surface area contributed by atoms with E-state index in [0.29, 0.717) is 19.6 Å². The fraction of sp³-hybridized carbons (Fsp3) is 0.375. The molecule has 30 heavy (non-hydrogen) atoms. The molecule has 156 valence electrons. The van der Waals surface area contributed by atoms with Gasteiger partial charge < -0.3 is 24.5 Å². The molecule has 1 aromatic heterocycles. The van der Waals surface area contributed by atoms with Gasteiger partial charge in [-0.2, -0.15) is 0 Å². The van der Waals surface area contributed by atoms with E-state index in [1.54, 1.807) is 7.11 Å². The van der Waals surface area contributed by atoms with Gasteiger partial charge in [-0.15, -0.1) is 0 Å². The van der Waals surface area contributed by atoms with Crippen LogP contribution in [0.3, 0.4) is 0 Å². The van der Waals surface area contributed by atoms with Crippen LogP contribution in [-0.2, 0) is 17.6 Å². The molecule has 3 aromatic rings. The van der Waals surface area contributed by atoms with Gasteiger partial charge in [0.05, 0.1) is 32.8 Å². The number of carbonyl (C=O) groups is 1. The van der Waals surface area contributed by atoms with Crippen molar-refractivity contribution in [2.75, 3.05) is 20.3 Å². The van der Waals surface area contributed by atoms with E-state index in [0.717, 1.165) is 59.7 Å². The number of nitrogens with one attached hydrogen (secondary N) is 2. The molecule has 0 fully saturated rings. The third-order valence-corrected chi connectivity index (χ3v) is 5.93. The van der Waals surface area contributed by atoms with Gasteiger partial charge in [0.15, 0.2) is 11.5 Å². The average Bonchev–Trinajstić information content (AvgIpc) is 2.97. The Morgan fingerprint density at radius 3 is 2.87 bits per heavy atom. The minimum atomic E-state index is 0.0000514. The molecule has 1 unspecified atom stereocenters. The quantitative estimate of drug-likeness (QED) is 0.685. The Labute approximate surface area is 175 Å². The third-order valence-electron chi connectivity index (χ3n) is 5.93. The van der Waals surface area contributed by atoms with Crippen molar-refractivity contribution in [3.63, 3.8) is 0 Å². The molecule has 6 nitrogen and oxygen atoms in total. The Kier molecular flexibility index (Phi) is 4.99. The first kappa shape index (κ1) is 18.9. The van der Waals surface area contributed by atoms with Gasteiger partial charge in [-0.1, -0.05) is 6.07 Å². The first-order chi connectivity index (χ1) is 14.7. The largest absolute Gasteiger partial charge is 0.497 e. The number of aromatic amines is 1. The summed E-state index contributed by atoms with van der Waals surface area (Å²) >= 11 is 0. The number of H-pyrrole nitrogens is 1. The molecular formula is C24H26N2O4. The average molecular weight is 406 g/mol. The predicted octanol–water partition coefficient (Wildman–Crippen LogP) is 4.07. The molecule has 2 heterocycles. The van der Waals surface area contributed by atoms with E-state index in [1.807, 2.05) is 30.3 Å². The van der Waals surface area contributed by atoms with Crippen LogP contribution < -0.4 is 19.5 Å². The molecule has 2 aliphatic rings. The fourth-order valence-corrected chi connectivity index (χ4v) is 4.46. The molecule has 0 spiro atoms. The summed E-state index contributed by atoms with van der Waals surface area (Å²) in [5.74, 6) is 2.34. The Balaban J connectivity index is 1.33. The lowest BCUT2D eigenvalue weighted by Gasteiger charge is -2.24. The number of fused-ring (bicyclic) bond motifs is 4. The highest BCUT2D eigenvalue weighted by molar-refractivity contribution is 5.87.